The van der Waals surface area contributed by atoms with Crippen LogP contribution < -0.4 is 10.1 Å². The molecule has 7 heteroatoms. The Morgan fingerprint density at radius 3 is 2.26 bits per heavy atom. The van der Waals surface area contributed by atoms with Crippen molar-refractivity contribution in [3.63, 3.8) is 0 Å². The van der Waals surface area contributed by atoms with E-state index in [2.05, 4.69) is 21.2 Å². The van der Waals surface area contributed by atoms with E-state index in [1.807, 2.05) is 79.7 Å². The summed E-state index contributed by atoms with van der Waals surface area (Å²) in [6, 6.07) is 29.8. The smallest absolute Gasteiger partial charge is 0.262 e. The monoisotopic (exact) mass is 600 g/mol. The number of amides is 1. The van der Waals surface area contributed by atoms with Crippen LogP contribution in [0, 0.1) is 6.92 Å². The van der Waals surface area contributed by atoms with E-state index in [0.29, 0.717) is 27.5 Å². The maximum Gasteiger partial charge on any atom is 0.262 e. The van der Waals surface area contributed by atoms with Gasteiger partial charge in [-0.3, -0.25) is 14.2 Å². The third-order valence-corrected chi connectivity index (χ3v) is 7.60. The molecule has 0 aliphatic carbocycles. The van der Waals surface area contributed by atoms with Gasteiger partial charge in [-0.15, -0.1) is 0 Å². The largest absolute Gasteiger partial charge is 0.497 e. The Morgan fingerprint density at radius 1 is 0.923 bits per heavy atom. The van der Waals surface area contributed by atoms with Crippen molar-refractivity contribution in [2.45, 2.75) is 19.4 Å². The molecule has 0 fully saturated rings. The summed E-state index contributed by atoms with van der Waals surface area (Å²) in [4.78, 5) is 27.2. The molecule has 1 heterocycles. The molecule has 5 aromatic rings. The van der Waals surface area contributed by atoms with Gasteiger partial charge < -0.3 is 10.1 Å². The number of carbonyl (C=O) groups excluding carboxylic acids is 2. The van der Waals surface area contributed by atoms with Gasteiger partial charge in [0.1, 0.15) is 5.75 Å². The van der Waals surface area contributed by atoms with Gasteiger partial charge in [-0.25, -0.2) is 0 Å². The van der Waals surface area contributed by atoms with Gasteiger partial charge in [0, 0.05) is 26.1 Å². The minimum absolute atomic E-state index is 0.0935. The van der Waals surface area contributed by atoms with Crippen LogP contribution in [0.3, 0.4) is 0 Å². The van der Waals surface area contributed by atoms with Crippen LogP contribution in [0.15, 0.2) is 102 Å². The topological polar surface area (TPSA) is 60.3 Å². The summed E-state index contributed by atoms with van der Waals surface area (Å²) in [7, 11) is 1.60. The van der Waals surface area contributed by atoms with Gasteiger partial charge in [0.25, 0.3) is 5.91 Å². The maximum atomic E-state index is 13.6. The van der Waals surface area contributed by atoms with Crippen molar-refractivity contribution < 1.29 is 14.3 Å². The SMILES string of the molecule is COc1ccc2c(c1)c(CC(=O)N[C@H](c1ccccc1)c1ccc(Br)cc1)c(C)n2C(=O)c1ccc(Cl)cc1. The van der Waals surface area contributed by atoms with E-state index < -0.39 is 0 Å². The van der Waals surface area contributed by atoms with E-state index in [0.717, 1.165) is 26.5 Å². The number of ether oxygens (including phenoxy) is 1. The molecule has 0 spiro atoms. The number of aromatic nitrogens is 1. The van der Waals surface area contributed by atoms with Gasteiger partial charge in [-0.1, -0.05) is 70.0 Å². The molecule has 0 radical (unpaired) electrons. The first kappa shape index (κ1) is 26.7. The molecule has 0 aliphatic heterocycles. The van der Waals surface area contributed by atoms with Crippen molar-refractivity contribution in [1.82, 2.24) is 9.88 Å². The van der Waals surface area contributed by atoms with Crippen molar-refractivity contribution in [1.29, 1.82) is 0 Å². The molecule has 0 saturated heterocycles. The fourth-order valence-electron chi connectivity index (χ4n) is 4.83. The van der Waals surface area contributed by atoms with E-state index >= 15 is 0 Å². The first-order chi connectivity index (χ1) is 18.9. The molecule has 5 nitrogen and oxygen atoms in total. The number of carbonyl (C=O) groups is 2. The molecule has 1 amide bonds. The third-order valence-electron chi connectivity index (χ3n) is 6.82. The molecule has 4 aromatic carbocycles. The second kappa shape index (κ2) is 11.5. The van der Waals surface area contributed by atoms with Crippen LogP contribution in [-0.4, -0.2) is 23.5 Å². The second-order valence-electron chi connectivity index (χ2n) is 9.23. The lowest BCUT2D eigenvalue weighted by Crippen LogP contribution is -2.30. The van der Waals surface area contributed by atoms with Crippen molar-refractivity contribution in [3.05, 3.63) is 135 Å². The highest BCUT2D eigenvalue weighted by Gasteiger charge is 2.24. The van der Waals surface area contributed by atoms with Crippen molar-refractivity contribution in [2.75, 3.05) is 7.11 Å². The minimum atomic E-state index is -0.328. The van der Waals surface area contributed by atoms with Crippen LogP contribution >= 0.6 is 27.5 Å². The number of nitrogens with zero attached hydrogens (tertiary/aromatic N) is 1. The number of hydrogen-bond donors (Lipinski definition) is 1. The average Bonchev–Trinajstić information content (AvgIpc) is 3.22. The third kappa shape index (κ3) is 5.63. The number of hydrogen-bond acceptors (Lipinski definition) is 3. The summed E-state index contributed by atoms with van der Waals surface area (Å²) in [6.45, 7) is 1.87. The Kier molecular flexibility index (Phi) is 7.87. The predicted molar refractivity (Wildman–Crippen MR) is 159 cm³/mol. The highest BCUT2D eigenvalue weighted by atomic mass is 79.9. The van der Waals surface area contributed by atoms with Crippen molar-refractivity contribution >= 4 is 50.2 Å². The molecule has 0 unspecified atom stereocenters. The molecule has 1 N–H and O–H groups in total. The van der Waals surface area contributed by atoms with Gasteiger partial charge in [0.2, 0.25) is 5.91 Å². The molecule has 39 heavy (non-hydrogen) atoms. The molecule has 1 atom stereocenters. The fourth-order valence-corrected chi connectivity index (χ4v) is 5.22. The van der Waals surface area contributed by atoms with Gasteiger partial charge in [0.05, 0.1) is 25.1 Å². The Balaban J connectivity index is 1.53. The average molecular weight is 602 g/mol. The molecular weight excluding hydrogens is 576 g/mol. The number of fused-ring (bicyclic) bond motifs is 1. The zero-order valence-electron chi connectivity index (χ0n) is 21.4. The zero-order valence-corrected chi connectivity index (χ0v) is 23.8. The van der Waals surface area contributed by atoms with E-state index in [1.165, 1.54) is 0 Å². The van der Waals surface area contributed by atoms with E-state index in [4.69, 9.17) is 16.3 Å². The molecule has 5 rings (SSSR count). The van der Waals surface area contributed by atoms with E-state index in [9.17, 15) is 9.59 Å². The fraction of sp³-hybridized carbons (Fsp3) is 0.125. The van der Waals surface area contributed by atoms with Crippen LogP contribution in [0.2, 0.25) is 5.02 Å². The molecule has 196 valence electrons. The van der Waals surface area contributed by atoms with Crippen LogP contribution in [0.1, 0.15) is 38.8 Å². The van der Waals surface area contributed by atoms with Crippen LogP contribution in [-0.2, 0) is 11.2 Å². The lowest BCUT2D eigenvalue weighted by molar-refractivity contribution is -0.120. The normalized spacial score (nSPS) is 11.8. The van der Waals surface area contributed by atoms with Crippen LogP contribution in [0.5, 0.6) is 5.75 Å². The first-order valence-corrected chi connectivity index (χ1v) is 13.6. The molecule has 0 saturated carbocycles. The van der Waals surface area contributed by atoms with Crippen LogP contribution in [0.25, 0.3) is 10.9 Å². The summed E-state index contributed by atoms with van der Waals surface area (Å²) >= 11 is 9.53. The highest BCUT2D eigenvalue weighted by molar-refractivity contribution is 9.10. The predicted octanol–water partition coefficient (Wildman–Crippen LogP) is 7.51. The Morgan fingerprint density at radius 2 is 1.59 bits per heavy atom. The molecular formula is C32H26BrClN2O3. The summed E-state index contributed by atoms with van der Waals surface area (Å²) in [6.07, 6.45) is 0.0935. The van der Waals surface area contributed by atoms with Crippen LogP contribution in [0.4, 0.5) is 0 Å². The number of nitrogens with one attached hydrogen (secondary N) is 1. The lowest BCUT2D eigenvalue weighted by Gasteiger charge is -2.20. The number of rotatable bonds is 7. The molecule has 1 aromatic heterocycles. The van der Waals surface area contributed by atoms with Gasteiger partial charge in [-0.05, 0) is 78.2 Å². The Labute approximate surface area is 240 Å². The summed E-state index contributed by atoms with van der Waals surface area (Å²) in [5, 5.41) is 4.57. The summed E-state index contributed by atoms with van der Waals surface area (Å²) < 4.78 is 8.09. The number of halogens is 2. The van der Waals surface area contributed by atoms with E-state index in [1.54, 1.807) is 35.9 Å². The minimum Gasteiger partial charge on any atom is -0.497 e. The highest BCUT2D eigenvalue weighted by Crippen LogP contribution is 2.31. The standard InChI is InChI=1S/C32H26BrClN2O3/c1-20-27(19-30(37)35-31(21-6-4-3-5-7-21)22-8-12-24(33)13-9-22)28-18-26(39-2)16-17-29(28)36(20)32(38)23-10-14-25(34)15-11-23/h3-18,31H,19H2,1-2H3,(H,35,37)/t31-/m1/s1. The Hall–Kier alpha value is -3.87. The number of methoxy groups -OCH3 is 1. The van der Waals surface area contributed by atoms with E-state index in [-0.39, 0.29) is 24.3 Å². The maximum absolute atomic E-state index is 13.6. The summed E-state index contributed by atoms with van der Waals surface area (Å²) in [5.74, 6) is 0.302. The zero-order chi connectivity index (χ0) is 27.5. The van der Waals surface area contributed by atoms with Crippen molar-refractivity contribution in [2.24, 2.45) is 0 Å². The van der Waals surface area contributed by atoms with Crippen molar-refractivity contribution in [3.8, 4) is 5.75 Å². The Bertz CT molecular complexity index is 1650. The first-order valence-electron chi connectivity index (χ1n) is 12.4. The quantitative estimate of drug-likeness (QED) is 0.210. The second-order valence-corrected chi connectivity index (χ2v) is 10.6. The van der Waals surface area contributed by atoms with Gasteiger partial charge in [-0.2, -0.15) is 0 Å². The van der Waals surface area contributed by atoms with Gasteiger partial charge in [0.15, 0.2) is 0 Å². The number of benzene rings is 4. The van der Waals surface area contributed by atoms with Gasteiger partial charge >= 0.3 is 0 Å². The lowest BCUT2D eigenvalue weighted by atomic mass is 9.98. The molecule has 0 bridgehead atoms. The molecule has 0 aliphatic rings. The summed E-state index contributed by atoms with van der Waals surface area (Å²) in [5.41, 5.74) is 4.64.